The standard InChI is InChI=1S/C24H24N2O6S/c1-15-17(7-6-8-18(15)23(29)31-2)19-10-9-16(32-19)13-20-22(28)26(24(30)33-20)14-21(27)25-11-4-3-5-12-25/h6-10,13H,3-5,11-12,14H2,1-2H3/b20-13-. The summed E-state index contributed by atoms with van der Waals surface area (Å²) in [6, 6.07) is 8.66. The van der Waals surface area contributed by atoms with Crippen LogP contribution in [0.4, 0.5) is 4.79 Å². The first-order chi connectivity index (χ1) is 15.9. The van der Waals surface area contributed by atoms with Crippen molar-refractivity contribution in [3.05, 3.63) is 52.1 Å². The molecule has 0 saturated carbocycles. The van der Waals surface area contributed by atoms with Crippen LogP contribution in [0.3, 0.4) is 0 Å². The lowest BCUT2D eigenvalue weighted by molar-refractivity contribution is -0.136. The Morgan fingerprint density at radius 1 is 1.12 bits per heavy atom. The fourth-order valence-electron chi connectivity index (χ4n) is 3.95. The predicted octanol–water partition coefficient (Wildman–Crippen LogP) is 4.09. The van der Waals surface area contributed by atoms with Crippen LogP contribution in [0.15, 0.2) is 39.7 Å². The van der Waals surface area contributed by atoms with E-state index in [0.717, 1.165) is 41.5 Å². The van der Waals surface area contributed by atoms with Crippen molar-refractivity contribution < 1.29 is 28.3 Å². The van der Waals surface area contributed by atoms with E-state index in [1.165, 1.54) is 13.2 Å². The number of hydrogen-bond donors (Lipinski definition) is 0. The van der Waals surface area contributed by atoms with Crippen LogP contribution < -0.4 is 0 Å². The predicted molar refractivity (Wildman–Crippen MR) is 123 cm³/mol. The minimum absolute atomic E-state index is 0.201. The summed E-state index contributed by atoms with van der Waals surface area (Å²) in [7, 11) is 1.33. The van der Waals surface area contributed by atoms with Crippen molar-refractivity contribution in [1.82, 2.24) is 9.80 Å². The van der Waals surface area contributed by atoms with Gasteiger partial charge in [0, 0.05) is 24.7 Å². The first-order valence-electron chi connectivity index (χ1n) is 10.7. The Kier molecular flexibility index (Phi) is 6.69. The fraction of sp³-hybridized carbons (Fsp3) is 0.333. The number of likely N-dealkylation sites (tertiary alicyclic amines) is 1. The molecule has 0 unspecified atom stereocenters. The van der Waals surface area contributed by atoms with Crippen LogP contribution in [0, 0.1) is 6.92 Å². The smallest absolute Gasteiger partial charge is 0.338 e. The quantitative estimate of drug-likeness (QED) is 0.482. The van der Waals surface area contributed by atoms with E-state index in [-0.39, 0.29) is 17.4 Å². The molecule has 2 saturated heterocycles. The van der Waals surface area contributed by atoms with Gasteiger partial charge in [0.2, 0.25) is 5.91 Å². The Morgan fingerprint density at radius 3 is 2.61 bits per heavy atom. The lowest BCUT2D eigenvalue weighted by atomic mass is 10.0. The largest absolute Gasteiger partial charge is 0.465 e. The zero-order chi connectivity index (χ0) is 23.5. The number of rotatable bonds is 5. The van der Waals surface area contributed by atoms with Gasteiger partial charge in [-0.1, -0.05) is 12.1 Å². The van der Waals surface area contributed by atoms with E-state index in [1.807, 2.05) is 6.07 Å². The van der Waals surface area contributed by atoms with Crippen LogP contribution in [-0.2, 0) is 14.3 Å². The van der Waals surface area contributed by atoms with Gasteiger partial charge >= 0.3 is 5.97 Å². The van der Waals surface area contributed by atoms with E-state index < -0.39 is 17.1 Å². The van der Waals surface area contributed by atoms with Gasteiger partial charge in [0.1, 0.15) is 18.1 Å². The van der Waals surface area contributed by atoms with Gasteiger partial charge in [-0.25, -0.2) is 4.79 Å². The van der Waals surface area contributed by atoms with Gasteiger partial charge in [-0.2, -0.15) is 0 Å². The van der Waals surface area contributed by atoms with E-state index >= 15 is 0 Å². The second kappa shape index (κ2) is 9.66. The van der Waals surface area contributed by atoms with E-state index in [4.69, 9.17) is 9.15 Å². The molecular weight excluding hydrogens is 444 g/mol. The number of benzene rings is 1. The van der Waals surface area contributed by atoms with E-state index in [0.29, 0.717) is 35.7 Å². The summed E-state index contributed by atoms with van der Waals surface area (Å²) in [5.74, 6) is -0.240. The Balaban J connectivity index is 1.50. The number of piperidine rings is 1. The molecule has 8 nitrogen and oxygen atoms in total. The van der Waals surface area contributed by atoms with E-state index in [9.17, 15) is 19.2 Å². The molecule has 2 aromatic rings. The number of methoxy groups -OCH3 is 1. The van der Waals surface area contributed by atoms with Gasteiger partial charge in [-0.05, 0) is 61.7 Å². The van der Waals surface area contributed by atoms with Crippen LogP contribution in [0.25, 0.3) is 17.4 Å². The summed E-state index contributed by atoms with van der Waals surface area (Å²) >= 11 is 0.789. The summed E-state index contributed by atoms with van der Waals surface area (Å²) in [4.78, 5) is 52.5. The number of furan rings is 1. The van der Waals surface area contributed by atoms with Crippen molar-refractivity contribution in [3.63, 3.8) is 0 Å². The minimum Gasteiger partial charge on any atom is -0.465 e. The number of nitrogens with zero attached hydrogens (tertiary/aromatic N) is 2. The Bertz CT molecular complexity index is 1150. The molecule has 3 amide bonds. The maximum atomic E-state index is 12.8. The third kappa shape index (κ3) is 4.73. The third-order valence-corrected chi connectivity index (χ3v) is 6.69. The molecule has 0 radical (unpaired) electrons. The van der Waals surface area contributed by atoms with Crippen molar-refractivity contribution in [2.24, 2.45) is 0 Å². The van der Waals surface area contributed by atoms with Crippen molar-refractivity contribution >= 4 is 40.9 Å². The zero-order valence-corrected chi connectivity index (χ0v) is 19.3. The molecule has 0 N–H and O–H groups in total. The molecule has 2 fully saturated rings. The second-order valence-electron chi connectivity index (χ2n) is 7.88. The zero-order valence-electron chi connectivity index (χ0n) is 18.5. The summed E-state index contributed by atoms with van der Waals surface area (Å²) in [6.45, 7) is 2.88. The maximum Gasteiger partial charge on any atom is 0.338 e. The highest BCUT2D eigenvalue weighted by molar-refractivity contribution is 8.18. The summed E-state index contributed by atoms with van der Waals surface area (Å²) < 4.78 is 10.7. The number of thioether (sulfide) groups is 1. The number of carbonyl (C=O) groups excluding carboxylic acids is 4. The van der Waals surface area contributed by atoms with Crippen LogP contribution in [0.5, 0.6) is 0 Å². The fourth-order valence-corrected chi connectivity index (χ4v) is 4.77. The van der Waals surface area contributed by atoms with Crippen LogP contribution in [0.1, 0.15) is 40.9 Å². The van der Waals surface area contributed by atoms with Crippen LogP contribution in [0.2, 0.25) is 0 Å². The number of ether oxygens (including phenoxy) is 1. The number of amides is 3. The average molecular weight is 469 g/mol. The average Bonchev–Trinajstić information content (AvgIpc) is 3.39. The second-order valence-corrected chi connectivity index (χ2v) is 8.87. The normalized spacial score (nSPS) is 17.7. The molecule has 0 bridgehead atoms. The van der Waals surface area contributed by atoms with Gasteiger partial charge < -0.3 is 14.1 Å². The molecule has 0 atom stereocenters. The molecule has 4 rings (SSSR count). The summed E-state index contributed by atoms with van der Waals surface area (Å²) in [5, 5.41) is -0.468. The van der Waals surface area contributed by atoms with Crippen molar-refractivity contribution in [1.29, 1.82) is 0 Å². The lowest BCUT2D eigenvalue weighted by Crippen LogP contribution is -2.44. The molecule has 1 aromatic heterocycles. The lowest BCUT2D eigenvalue weighted by Gasteiger charge is -2.27. The summed E-state index contributed by atoms with van der Waals surface area (Å²) in [5.41, 5.74) is 1.87. The molecule has 3 heterocycles. The molecule has 0 aliphatic carbocycles. The highest BCUT2D eigenvalue weighted by Crippen LogP contribution is 2.34. The SMILES string of the molecule is COC(=O)c1cccc(-c2ccc(/C=C3\SC(=O)N(CC(=O)N4CCCCC4)C3=O)o2)c1C. The maximum absolute atomic E-state index is 12.8. The van der Waals surface area contributed by atoms with Crippen molar-refractivity contribution in [2.75, 3.05) is 26.7 Å². The Morgan fingerprint density at radius 2 is 1.88 bits per heavy atom. The molecule has 172 valence electrons. The summed E-state index contributed by atoms with van der Waals surface area (Å²) in [6.07, 6.45) is 4.47. The topological polar surface area (TPSA) is 97.1 Å². The van der Waals surface area contributed by atoms with Gasteiger partial charge in [-0.3, -0.25) is 19.3 Å². The Hall–Kier alpha value is -3.33. The highest BCUT2D eigenvalue weighted by atomic mass is 32.2. The van der Waals surface area contributed by atoms with E-state index in [1.54, 1.807) is 36.1 Å². The minimum atomic E-state index is -0.503. The first-order valence-corrected chi connectivity index (χ1v) is 11.5. The van der Waals surface area contributed by atoms with Crippen LogP contribution in [-0.4, -0.2) is 59.6 Å². The molecule has 2 aliphatic heterocycles. The number of hydrogen-bond acceptors (Lipinski definition) is 7. The Labute approximate surface area is 195 Å². The van der Waals surface area contributed by atoms with Crippen molar-refractivity contribution in [2.45, 2.75) is 26.2 Å². The van der Waals surface area contributed by atoms with Crippen molar-refractivity contribution in [3.8, 4) is 11.3 Å². The molecule has 9 heteroatoms. The van der Waals surface area contributed by atoms with Gasteiger partial charge in [-0.15, -0.1) is 0 Å². The van der Waals surface area contributed by atoms with E-state index in [2.05, 4.69) is 0 Å². The molecular formula is C24H24N2O6S. The first kappa shape index (κ1) is 22.8. The van der Waals surface area contributed by atoms with Gasteiger partial charge in [0.25, 0.3) is 11.1 Å². The molecule has 1 aromatic carbocycles. The molecule has 0 spiro atoms. The molecule has 2 aliphatic rings. The van der Waals surface area contributed by atoms with Crippen LogP contribution >= 0.6 is 11.8 Å². The number of esters is 1. The van der Waals surface area contributed by atoms with Gasteiger partial charge in [0.15, 0.2) is 0 Å². The highest BCUT2D eigenvalue weighted by Gasteiger charge is 2.37. The number of imide groups is 1. The molecule has 33 heavy (non-hydrogen) atoms. The third-order valence-electron chi connectivity index (χ3n) is 5.78. The monoisotopic (exact) mass is 468 g/mol. The van der Waals surface area contributed by atoms with Gasteiger partial charge in [0.05, 0.1) is 17.6 Å². The number of carbonyl (C=O) groups is 4.